The Kier molecular flexibility index (Phi) is 8.65. The number of nitrogens with zero attached hydrogens (tertiary/aromatic N) is 2. The van der Waals surface area contributed by atoms with E-state index in [0.29, 0.717) is 58.0 Å². The minimum Gasteiger partial charge on any atom is -0.381 e. The molecule has 0 unspecified atom stereocenters. The fraction of sp³-hybridized carbons (Fsp3) is 0.542. The highest BCUT2D eigenvalue weighted by Crippen LogP contribution is 2.34. The number of anilines is 1. The summed E-state index contributed by atoms with van der Waals surface area (Å²) in [6.07, 6.45) is 6.63. The predicted molar refractivity (Wildman–Crippen MR) is 137 cm³/mol. The van der Waals surface area contributed by atoms with Gasteiger partial charge in [-0.25, -0.2) is 18.1 Å². The standard InChI is InChI=1S/C24H30Cl2N4O4S/c1-35(32,33)30-17-3-2-16(10-17)22(31)12-18-11-19(21(26)14-27-18)24-20(25)4-5-23(29-24)28-13-15-6-8-34-9-7-15/h4-5,11,14-17,30H,2-3,6-10,12-13H2,1H3,(H,28,29)/t16-,17+/m0/s1. The Hall–Kier alpha value is -1.78. The summed E-state index contributed by atoms with van der Waals surface area (Å²) in [6.45, 7) is 2.38. The van der Waals surface area contributed by atoms with E-state index in [2.05, 4.69) is 15.0 Å². The first-order valence-electron chi connectivity index (χ1n) is 11.8. The molecule has 0 aromatic carbocycles. The third-order valence-corrected chi connectivity index (χ3v) is 7.92. The number of halogens is 2. The van der Waals surface area contributed by atoms with Gasteiger partial charge in [-0.3, -0.25) is 9.78 Å². The summed E-state index contributed by atoms with van der Waals surface area (Å²) in [5.41, 5.74) is 1.72. The van der Waals surface area contributed by atoms with Crippen LogP contribution in [-0.2, 0) is 26.0 Å². The maximum atomic E-state index is 12.9. The molecule has 2 aromatic rings. The van der Waals surface area contributed by atoms with Crippen LogP contribution in [0.2, 0.25) is 10.0 Å². The molecule has 8 nitrogen and oxygen atoms in total. The van der Waals surface area contributed by atoms with Gasteiger partial charge in [0.1, 0.15) is 11.6 Å². The van der Waals surface area contributed by atoms with Crippen molar-refractivity contribution in [3.05, 3.63) is 40.1 Å². The van der Waals surface area contributed by atoms with Crippen molar-refractivity contribution in [1.29, 1.82) is 0 Å². The van der Waals surface area contributed by atoms with Gasteiger partial charge in [0.25, 0.3) is 0 Å². The molecule has 3 heterocycles. The molecule has 1 saturated heterocycles. The van der Waals surface area contributed by atoms with E-state index in [1.165, 1.54) is 6.20 Å². The third-order valence-electron chi connectivity index (χ3n) is 6.55. The van der Waals surface area contributed by atoms with Crippen LogP contribution in [0.1, 0.15) is 37.8 Å². The second-order valence-electron chi connectivity index (χ2n) is 9.36. The first-order valence-corrected chi connectivity index (χ1v) is 14.5. The van der Waals surface area contributed by atoms with E-state index in [0.717, 1.165) is 38.9 Å². The number of rotatable bonds is 9. The molecule has 4 rings (SSSR count). The van der Waals surface area contributed by atoms with Crippen molar-refractivity contribution in [3.8, 4) is 11.3 Å². The third kappa shape index (κ3) is 7.36. The highest BCUT2D eigenvalue weighted by molar-refractivity contribution is 7.88. The molecule has 1 saturated carbocycles. The number of ether oxygens (including phenoxy) is 1. The first-order chi connectivity index (χ1) is 16.7. The summed E-state index contributed by atoms with van der Waals surface area (Å²) in [5.74, 6) is 1.08. The van der Waals surface area contributed by atoms with E-state index in [9.17, 15) is 13.2 Å². The Morgan fingerprint density at radius 2 is 1.91 bits per heavy atom. The quantitative estimate of drug-likeness (QED) is 0.492. The molecule has 2 atom stereocenters. The van der Waals surface area contributed by atoms with E-state index < -0.39 is 10.0 Å². The summed E-state index contributed by atoms with van der Waals surface area (Å²) in [4.78, 5) is 21.9. The molecular weight excluding hydrogens is 511 g/mol. The molecule has 1 aliphatic heterocycles. The lowest BCUT2D eigenvalue weighted by molar-refractivity contribution is -0.122. The Labute approximate surface area is 216 Å². The second kappa shape index (κ2) is 11.5. The number of ketones is 1. The van der Waals surface area contributed by atoms with E-state index in [-0.39, 0.29) is 24.2 Å². The Bertz CT molecular complexity index is 1170. The Morgan fingerprint density at radius 3 is 2.66 bits per heavy atom. The van der Waals surface area contributed by atoms with Gasteiger partial charge in [-0.1, -0.05) is 23.2 Å². The average molecular weight is 542 g/mol. The fourth-order valence-corrected chi connectivity index (χ4v) is 5.92. The van der Waals surface area contributed by atoms with Crippen molar-refractivity contribution >= 4 is 44.8 Å². The van der Waals surface area contributed by atoms with E-state index >= 15 is 0 Å². The van der Waals surface area contributed by atoms with Crippen LogP contribution in [0.3, 0.4) is 0 Å². The van der Waals surface area contributed by atoms with Crippen molar-refractivity contribution in [2.75, 3.05) is 31.3 Å². The zero-order chi connectivity index (χ0) is 25.0. The van der Waals surface area contributed by atoms with Crippen LogP contribution in [-0.4, -0.2) is 56.2 Å². The van der Waals surface area contributed by atoms with Gasteiger partial charge in [0.05, 0.1) is 22.0 Å². The van der Waals surface area contributed by atoms with Crippen LogP contribution in [0.25, 0.3) is 11.3 Å². The van der Waals surface area contributed by atoms with Gasteiger partial charge < -0.3 is 10.1 Å². The van der Waals surface area contributed by atoms with Crippen molar-refractivity contribution in [2.45, 2.75) is 44.6 Å². The van der Waals surface area contributed by atoms with Gasteiger partial charge in [0.2, 0.25) is 10.0 Å². The summed E-state index contributed by atoms with van der Waals surface area (Å²) in [6, 6.07) is 5.18. The summed E-state index contributed by atoms with van der Waals surface area (Å²) in [7, 11) is -3.29. The fourth-order valence-electron chi connectivity index (χ4n) is 4.70. The van der Waals surface area contributed by atoms with Crippen LogP contribution in [0.15, 0.2) is 24.4 Å². The highest BCUT2D eigenvalue weighted by atomic mass is 35.5. The lowest BCUT2D eigenvalue weighted by Gasteiger charge is -2.22. The Balaban J connectivity index is 1.45. The molecule has 0 bridgehead atoms. The molecule has 2 aromatic heterocycles. The highest BCUT2D eigenvalue weighted by Gasteiger charge is 2.31. The summed E-state index contributed by atoms with van der Waals surface area (Å²) >= 11 is 12.9. The largest absolute Gasteiger partial charge is 0.381 e. The number of pyridine rings is 2. The number of aromatic nitrogens is 2. The molecule has 2 N–H and O–H groups in total. The van der Waals surface area contributed by atoms with Gasteiger partial charge in [-0.05, 0) is 56.2 Å². The average Bonchev–Trinajstić information content (AvgIpc) is 3.27. The second-order valence-corrected chi connectivity index (χ2v) is 12.0. The van der Waals surface area contributed by atoms with E-state index in [1.54, 1.807) is 12.1 Å². The number of nitrogens with one attached hydrogen (secondary N) is 2. The molecule has 0 radical (unpaired) electrons. The molecule has 2 aliphatic rings. The number of Topliss-reactive ketones (excluding diaryl/α,β-unsaturated/α-hetero) is 1. The molecule has 0 amide bonds. The van der Waals surface area contributed by atoms with Crippen molar-refractivity contribution in [2.24, 2.45) is 11.8 Å². The smallest absolute Gasteiger partial charge is 0.208 e. The van der Waals surface area contributed by atoms with E-state index in [4.69, 9.17) is 32.9 Å². The van der Waals surface area contributed by atoms with Crippen LogP contribution < -0.4 is 10.0 Å². The Morgan fingerprint density at radius 1 is 1.14 bits per heavy atom. The van der Waals surface area contributed by atoms with Crippen LogP contribution in [0.4, 0.5) is 5.82 Å². The zero-order valence-corrected chi connectivity index (χ0v) is 21.9. The minimum absolute atomic E-state index is 0.0366. The molecule has 0 spiro atoms. The molecule has 1 aliphatic carbocycles. The summed E-state index contributed by atoms with van der Waals surface area (Å²) < 4.78 is 31.0. The van der Waals surface area contributed by atoms with Gasteiger partial charge in [-0.15, -0.1) is 0 Å². The monoisotopic (exact) mass is 540 g/mol. The number of hydrogen-bond donors (Lipinski definition) is 2. The predicted octanol–water partition coefficient (Wildman–Crippen LogP) is 4.12. The first kappa shape index (κ1) is 26.3. The van der Waals surface area contributed by atoms with Crippen molar-refractivity contribution < 1.29 is 17.9 Å². The van der Waals surface area contributed by atoms with Crippen LogP contribution in [0, 0.1) is 11.8 Å². The van der Waals surface area contributed by atoms with Crippen molar-refractivity contribution in [3.63, 3.8) is 0 Å². The minimum atomic E-state index is -3.29. The molecular formula is C24H30Cl2N4O4S. The van der Waals surface area contributed by atoms with Crippen LogP contribution in [0.5, 0.6) is 0 Å². The van der Waals surface area contributed by atoms with Gasteiger partial charge in [0.15, 0.2) is 0 Å². The topological polar surface area (TPSA) is 110 Å². The number of carbonyl (C=O) groups excluding carboxylic acids is 1. The maximum Gasteiger partial charge on any atom is 0.208 e. The molecule has 190 valence electrons. The van der Waals surface area contributed by atoms with Gasteiger partial charge in [0, 0.05) is 55.6 Å². The van der Waals surface area contributed by atoms with Crippen LogP contribution >= 0.6 is 23.2 Å². The normalized spacial score (nSPS) is 21.2. The van der Waals surface area contributed by atoms with Crippen molar-refractivity contribution in [1.82, 2.24) is 14.7 Å². The number of carbonyl (C=O) groups is 1. The lowest BCUT2D eigenvalue weighted by Crippen LogP contribution is -2.32. The zero-order valence-electron chi connectivity index (χ0n) is 19.6. The molecule has 2 fully saturated rings. The van der Waals surface area contributed by atoms with Gasteiger partial charge in [-0.2, -0.15) is 0 Å². The molecule has 11 heteroatoms. The molecule has 35 heavy (non-hydrogen) atoms. The lowest BCUT2D eigenvalue weighted by atomic mass is 9.97. The summed E-state index contributed by atoms with van der Waals surface area (Å²) in [5, 5.41) is 4.24. The maximum absolute atomic E-state index is 12.9. The number of sulfonamides is 1. The van der Waals surface area contributed by atoms with Gasteiger partial charge >= 0.3 is 0 Å². The number of hydrogen-bond acceptors (Lipinski definition) is 7. The van der Waals surface area contributed by atoms with E-state index in [1.807, 2.05) is 6.07 Å². The SMILES string of the molecule is CS(=O)(=O)N[C@@H]1CC[C@H](C(=O)Cc2cc(-c3nc(NCC4CCOCC4)ccc3Cl)c(Cl)cn2)C1.